The fourth-order valence-corrected chi connectivity index (χ4v) is 3.10. The number of hydrogen-bond acceptors (Lipinski definition) is 2. The van der Waals surface area contributed by atoms with Gasteiger partial charge in [-0.25, -0.2) is 0 Å². The van der Waals surface area contributed by atoms with Crippen LogP contribution in [0.25, 0.3) is 0 Å². The van der Waals surface area contributed by atoms with Crippen LogP contribution in [0.4, 0.5) is 0 Å². The summed E-state index contributed by atoms with van der Waals surface area (Å²) in [5, 5.41) is 10.1. The van der Waals surface area contributed by atoms with Crippen LogP contribution in [0.3, 0.4) is 0 Å². The lowest BCUT2D eigenvalue weighted by atomic mass is 10.0. The molecule has 0 aromatic heterocycles. The maximum atomic E-state index is 10.1. The Bertz CT molecular complexity index is 165. The van der Waals surface area contributed by atoms with Gasteiger partial charge in [0.05, 0.1) is 0 Å². The van der Waals surface area contributed by atoms with Crippen LogP contribution in [0, 0.1) is 5.21 Å². The van der Waals surface area contributed by atoms with Crippen LogP contribution in [0.1, 0.15) is 122 Å². The number of hydroxylamine groups is 1. The van der Waals surface area contributed by atoms with Crippen LogP contribution in [0.2, 0.25) is 0 Å². The van der Waals surface area contributed by atoms with Gasteiger partial charge in [-0.15, -0.1) is 0 Å². The fraction of sp³-hybridized carbons (Fsp3) is 1.00. The van der Waals surface area contributed by atoms with Crippen molar-refractivity contribution >= 4 is 0 Å². The standard InChI is InChI=1S/C20H42NO/c1-2-3-4-5-6-7-8-9-10-11-12-13-14-15-16-17-18-19-20-21-22/h21H,2-20H2,1H3/q-1. The molecule has 0 radical (unpaired) electrons. The molecule has 0 aliphatic heterocycles. The minimum absolute atomic E-state index is 0.638. The third-order valence-electron chi connectivity index (χ3n) is 4.63. The van der Waals surface area contributed by atoms with Crippen LogP contribution in [0.5, 0.6) is 0 Å². The normalized spacial score (nSPS) is 11.2. The quantitative estimate of drug-likeness (QED) is 0.203. The van der Waals surface area contributed by atoms with Crippen LogP contribution >= 0.6 is 0 Å². The zero-order valence-corrected chi connectivity index (χ0v) is 15.3. The molecular formula is C20H42NO-. The number of rotatable bonds is 19. The Hall–Kier alpha value is -0.0800. The van der Waals surface area contributed by atoms with Crippen molar-refractivity contribution in [1.82, 2.24) is 5.48 Å². The predicted molar refractivity (Wildman–Crippen MR) is 100 cm³/mol. The maximum Gasteiger partial charge on any atom is -0.0170 e. The molecule has 0 aromatic carbocycles. The smallest absolute Gasteiger partial charge is 0.0170 e. The van der Waals surface area contributed by atoms with E-state index in [0.717, 1.165) is 6.42 Å². The van der Waals surface area contributed by atoms with Crippen molar-refractivity contribution < 1.29 is 0 Å². The zero-order chi connectivity index (χ0) is 16.1. The first-order valence-electron chi connectivity index (χ1n) is 10.3. The molecule has 0 aliphatic rings. The molecule has 0 amide bonds. The summed E-state index contributed by atoms with van der Waals surface area (Å²) in [7, 11) is 0. The molecule has 22 heavy (non-hydrogen) atoms. The second kappa shape index (κ2) is 20.9. The molecule has 0 aliphatic carbocycles. The Labute approximate surface area is 140 Å². The summed E-state index contributed by atoms with van der Waals surface area (Å²) in [6.45, 7) is 2.92. The summed E-state index contributed by atoms with van der Waals surface area (Å²) >= 11 is 0. The monoisotopic (exact) mass is 312 g/mol. The number of hydrogen-bond donors (Lipinski definition) is 1. The van der Waals surface area contributed by atoms with Gasteiger partial charge in [-0.2, -0.15) is 0 Å². The zero-order valence-electron chi connectivity index (χ0n) is 15.3. The second-order valence-corrected chi connectivity index (χ2v) is 6.90. The summed E-state index contributed by atoms with van der Waals surface area (Å²) in [6.07, 6.45) is 25.1. The summed E-state index contributed by atoms with van der Waals surface area (Å²) in [5.74, 6) is 0. The first-order valence-corrected chi connectivity index (χ1v) is 10.3. The molecule has 134 valence electrons. The highest BCUT2D eigenvalue weighted by Gasteiger charge is 1.94. The van der Waals surface area contributed by atoms with Gasteiger partial charge in [0, 0.05) is 0 Å². The highest BCUT2D eigenvalue weighted by Crippen LogP contribution is 2.14. The summed E-state index contributed by atoms with van der Waals surface area (Å²) < 4.78 is 0. The molecule has 0 heterocycles. The van der Waals surface area contributed by atoms with Crippen LogP contribution < -0.4 is 5.48 Å². The Balaban J connectivity index is 2.91. The van der Waals surface area contributed by atoms with E-state index >= 15 is 0 Å². The van der Waals surface area contributed by atoms with E-state index in [4.69, 9.17) is 0 Å². The fourth-order valence-electron chi connectivity index (χ4n) is 3.10. The van der Waals surface area contributed by atoms with Gasteiger partial charge in [0.25, 0.3) is 0 Å². The molecule has 0 aromatic rings. The molecule has 0 saturated carbocycles. The van der Waals surface area contributed by atoms with Crippen molar-refractivity contribution in [3.05, 3.63) is 5.21 Å². The Morgan fingerprint density at radius 1 is 0.455 bits per heavy atom. The van der Waals surface area contributed by atoms with E-state index in [1.165, 1.54) is 109 Å². The predicted octanol–water partition coefficient (Wildman–Crippen LogP) is 7.12. The molecule has 1 N–H and O–H groups in total. The molecule has 0 fully saturated rings. The Morgan fingerprint density at radius 2 is 0.727 bits per heavy atom. The lowest BCUT2D eigenvalue weighted by Crippen LogP contribution is -2.04. The average molecular weight is 313 g/mol. The summed E-state index contributed by atoms with van der Waals surface area (Å²) in [6, 6.07) is 0. The molecule has 0 atom stereocenters. The first kappa shape index (κ1) is 21.9. The van der Waals surface area contributed by atoms with E-state index in [1.54, 1.807) is 0 Å². The average Bonchev–Trinajstić information content (AvgIpc) is 2.54. The molecule has 2 heteroatoms. The Kier molecular flexibility index (Phi) is 20.8. The lowest BCUT2D eigenvalue weighted by molar-refractivity contribution is 0.524. The molecular weight excluding hydrogens is 270 g/mol. The highest BCUT2D eigenvalue weighted by atomic mass is 16.5. The topological polar surface area (TPSA) is 35.1 Å². The van der Waals surface area contributed by atoms with E-state index in [2.05, 4.69) is 6.92 Å². The highest BCUT2D eigenvalue weighted by molar-refractivity contribution is 4.51. The van der Waals surface area contributed by atoms with E-state index in [0.29, 0.717) is 6.54 Å². The van der Waals surface area contributed by atoms with Gasteiger partial charge in [-0.05, 0) is 13.0 Å². The molecule has 0 rings (SSSR count). The summed E-state index contributed by atoms with van der Waals surface area (Å²) in [5.41, 5.74) is 1.97. The molecule has 0 spiro atoms. The number of unbranched alkanes of at least 4 members (excludes halogenated alkanes) is 17. The first-order chi connectivity index (χ1) is 10.9. The number of nitrogens with one attached hydrogen (secondary N) is 1. The van der Waals surface area contributed by atoms with Crippen molar-refractivity contribution in [2.24, 2.45) is 0 Å². The molecule has 0 saturated heterocycles. The molecule has 0 unspecified atom stereocenters. The second-order valence-electron chi connectivity index (χ2n) is 6.90. The van der Waals surface area contributed by atoms with Gasteiger partial charge in [0.2, 0.25) is 0 Å². The Morgan fingerprint density at radius 3 is 1.00 bits per heavy atom. The largest absolute Gasteiger partial charge is 0.788 e. The SMILES string of the molecule is CCCCCCCCCCCCCCCCCCCCN[O-]. The van der Waals surface area contributed by atoms with Gasteiger partial charge in [-0.3, -0.25) is 0 Å². The van der Waals surface area contributed by atoms with Crippen LogP contribution in [-0.2, 0) is 0 Å². The van der Waals surface area contributed by atoms with Gasteiger partial charge in [0.15, 0.2) is 0 Å². The van der Waals surface area contributed by atoms with Gasteiger partial charge < -0.3 is 10.7 Å². The van der Waals surface area contributed by atoms with Crippen LogP contribution in [0.15, 0.2) is 0 Å². The van der Waals surface area contributed by atoms with Crippen LogP contribution in [-0.4, -0.2) is 6.54 Å². The van der Waals surface area contributed by atoms with E-state index in [-0.39, 0.29) is 0 Å². The van der Waals surface area contributed by atoms with E-state index in [9.17, 15) is 5.21 Å². The van der Waals surface area contributed by atoms with Crippen molar-refractivity contribution in [2.45, 2.75) is 122 Å². The minimum atomic E-state index is 0.638. The third-order valence-corrected chi connectivity index (χ3v) is 4.63. The lowest BCUT2D eigenvalue weighted by Gasteiger charge is -2.06. The van der Waals surface area contributed by atoms with Crippen molar-refractivity contribution in [1.29, 1.82) is 0 Å². The van der Waals surface area contributed by atoms with E-state index < -0.39 is 0 Å². The van der Waals surface area contributed by atoms with Gasteiger partial charge in [-0.1, -0.05) is 116 Å². The molecule has 0 bridgehead atoms. The maximum absolute atomic E-state index is 10.1. The summed E-state index contributed by atoms with van der Waals surface area (Å²) in [4.78, 5) is 0. The van der Waals surface area contributed by atoms with Crippen molar-refractivity contribution in [3.8, 4) is 0 Å². The van der Waals surface area contributed by atoms with Gasteiger partial charge in [0.1, 0.15) is 0 Å². The van der Waals surface area contributed by atoms with E-state index in [1.807, 2.05) is 5.48 Å². The van der Waals surface area contributed by atoms with Gasteiger partial charge >= 0.3 is 0 Å². The minimum Gasteiger partial charge on any atom is -0.788 e. The molecule has 2 nitrogen and oxygen atoms in total. The van der Waals surface area contributed by atoms with Crippen molar-refractivity contribution in [3.63, 3.8) is 0 Å². The van der Waals surface area contributed by atoms with Crippen molar-refractivity contribution in [2.75, 3.05) is 6.54 Å². The third kappa shape index (κ3) is 19.9.